The van der Waals surface area contributed by atoms with Crippen LogP contribution in [0.2, 0.25) is 0 Å². The number of likely N-dealkylation sites (N-methyl/N-ethyl adjacent to an activating group) is 1. The van der Waals surface area contributed by atoms with E-state index in [1.807, 2.05) is 50.2 Å². The van der Waals surface area contributed by atoms with E-state index in [-0.39, 0.29) is 11.9 Å². The van der Waals surface area contributed by atoms with Crippen molar-refractivity contribution in [3.8, 4) is 0 Å². The Hall–Kier alpha value is -1.39. The van der Waals surface area contributed by atoms with Crippen molar-refractivity contribution >= 4 is 11.6 Å². The van der Waals surface area contributed by atoms with Crippen molar-refractivity contribution in [2.75, 3.05) is 19.4 Å². The number of nitrogens with zero attached hydrogens (tertiary/aromatic N) is 1. The van der Waals surface area contributed by atoms with E-state index in [4.69, 9.17) is 5.73 Å². The minimum atomic E-state index is -0.151. The van der Waals surface area contributed by atoms with Gasteiger partial charge in [0, 0.05) is 12.2 Å². The summed E-state index contributed by atoms with van der Waals surface area (Å²) in [4.78, 5) is 13.6. The van der Waals surface area contributed by atoms with Crippen molar-refractivity contribution in [1.82, 2.24) is 4.90 Å². The molecule has 0 aliphatic rings. The predicted molar refractivity (Wildman–Crippen MR) is 66.1 cm³/mol. The fourth-order valence-electron chi connectivity index (χ4n) is 1.26. The molecular weight excluding hydrogens is 202 g/mol. The van der Waals surface area contributed by atoms with Gasteiger partial charge in [0.25, 0.3) is 0 Å². The van der Waals surface area contributed by atoms with Crippen LogP contribution in [0, 0.1) is 0 Å². The smallest absolute Gasteiger partial charge is 0.241 e. The molecule has 0 saturated heterocycles. The van der Waals surface area contributed by atoms with Crippen LogP contribution in [0.15, 0.2) is 24.3 Å². The van der Waals surface area contributed by atoms with Crippen LogP contribution in [0.25, 0.3) is 0 Å². The number of amides is 1. The lowest BCUT2D eigenvalue weighted by Crippen LogP contribution is -2.37. The molecule has 0 bridgehead atoms. The Kier molecular flexibility index (Phi) is 4.46. The summed E-state index contributed by atoms with van der Waals surface area (Å²) in [5.74, 6) is -0.0147. The second-order valence-electron chi connectivity index (χ2n) is 4.03. The molecular formula is C12H19N3O. The Morgan fingerprint density at radius 3 is 2.75 bits per heavy atom. The van der Waals surface area contributed by atoms with Gasteiger partial charge in [0.2, 0.25) is 5.91 Å². The first-order chi connectivity index (χ1) is 7.54. The number of hydrogen-bond acceptors (Lipinski definition) is 3. The second-order valence-corrected chi connectivity index (χ2v) is 4.03. The molecule has 0 aliphatic heterocycles. The van der Waals surface area contributed by atoms with Crippen LogP contribution < -0.4 is 11.1 Å². The van der Waals surface area contributed by atoms with Gasteiger partial charge in [0.1, 0.15) is 0 Å². The summed E-state index contributed by atoms with van der Waals surface area (Å²) >= 11 is 0. The third-order valence-electron chi connectivity index (χ3n) is 2.58. The lowest BCUT2D eigenvalue weighted by Gasteiger charge is -2.19. The van der Waals surface area contributed by atoms with Gasteiger partial charge in [0.05, 0.1) is 6.04 Å². The Morgan fingerprint density at radius 2 is 2.19 bits per heavy atom. The molecule has 1 unspecified atom stereocenters. The van der Waals surface area contributed by atoms with Crippen LogP contribution in [0.3, 0.4) is 0 Å². The molecule has 1 aromatic rings. The first kappa shape index (κ1) is 12.7. The van der Waals surface area contributed by atoms with E-state index in [0.717, 1.165) is 11.3 Å². The summed E-state index contributed by atoms with van der Waals surface area (Å²) in [5, 5.41) is 2.86. The Balaban J connectivity index is 2.69. The molecule has 0 aromatic heterocycles. The molecule has 16 heavy (non-hydrogen) atoms. The van der Waals surface area contributed by atoms with Gasteiger partial charge in [-0.05, 0) is 38.7 Å². The average molecular weight is 221 g/mol. The van der Waals surface area contributed by atoms with Crippen molar-refractivity contribution in [3.05, 3.63) is 29.8 Å². The maximum atomic E-state index is 11.8. The maximum Gasteiger partial charge on any atom is 0.241 e. The summed E-state index contributed by atoms with van der Waals surface area (Å²) in [6, 6.07) is 7.42. The highest BCUT2D eigenvalue weighted by atomic mass is 16.2. The summed E-state index contributed by atoms with van der Waals surface area (Å²) < 4.78 is 0. The molecule has 0 spiro atoms. The molecule has 0 radical (unpaired) electrons. The fraction of sp³-hybridized carbons (Fsp3) is 0.417. The predicted octanol–water partition coefficient (Wildman–Crippen LogP) is 1.03. The Bertz CT molecular complexity index is 363. The van der Waals surface area contributed by atoms with E-state index >= 15 is 0 Å². The highest BCUT2D eigenvalue weighted by Crippen LogP contribution is 2.10. The van der Waals surface area contributed by atoms with Gasteiger partial charge in [-0.25, -0.2) is 0 Å². The van der Waals surface area contributed by atoms with Gasteiger partial charge in [-0.3, -0.25) is 9.69 Å². The van der Waals surface area contributed by atoms with Gasteiger partial charge in [-0.15, -0.1) is 0 Å². The van der Waals surface area contributed by atoms with E-state index in [9.17, 15) is 4.79 Å². The lowest BCUT2D eigenvalue weighted by molar-refractivity contribution is -0.119. The number of carbonyl (C=O) groups excluding carboxylic acids is 1. The summed E-state index contributed by atoms with van der Waals surface area (Å²) in [5.41, 5.74) is 7.34. The SMILES string of the molecule is CC(C(=O)Nc1cccc(CN)c1)N(C)C. The van der Waals surface area contributed by atoms with Crippen molar-refractivity contribution in [3.63, 3.8) is 0 Å². The Labute approximate surface area is 96.4 Å². The van der Waals surface area contributed by atoms with E-state index < -0.39 is 0 Å². The Morgan fingerprint density at radius 1 is 1.50 bits per heavy atom. The minimum Gasteiger partial charge on any atom is -0.326 e. The fourth-order valence-corrected chi connectivity index (χ4v) is 1.26. The molecule has 1 amide bonds. The maximum absolute atomic E-state index is 11.8. The van der Waals surface area contributed by atoms with Crippen LogP contribution in [0.5, 0.6) is 0 Å². The molecule has 4 heteroatoms. The molecule has 4 nitrogen and oxygen atoms in total. The normalized spacial score (nSPS) is 12.6. The largest absolute Gasteiger partial charge is 0.326 e. The molecule has 88 valence electrons. The third kappa shape index (κ3) is 3.32. The number of nitrogens with one attached hydrogen (secondary N) is 1. The van der Waals surface area contributed by atoms with Gasteiger partial charge in [-0.2, -0.15) is 0 Å². The number of anilines is 1. The number of carbonyl (C=O) groups is 1. The average Bonchev–Trinajstić information content (AvgIpc) is 2.28. The molecule has 0 saturated carbocycles. The van der Waals surface area contributed by atoms with Crippen molar-refractivity contribution in [2.24, 2.45) is 5.73 Å². The number of rotatable bonds is 4. The number of hydrogen-bond donors (Lipinski definition) is 2. The van der Waals surface area contributed by atoms with E-state index in [1.54, 1.807) is 0 Å². The topological polar surface area (TPSA) is 58.4 Å². The van der Waals surface area contributed by atoms with Crippen LogP contribution >= 0.6 is 0 Å². The molecule has 0 fully saturated rings. The van der Waals surface area contributed by atoms with E-state index in [2.05, 4.69) is 5.32 Å². The molecule has 0 aliphatic carbocycles. The zero-order chi connectivity index (χ0) is 12.1. The highest BCUT2D eigenvalue weighted by molar-refractivity contribution is 5.94. The summed E-state index contributed by atoms with van der Waals surface area (Å²) in [7, 11) is 3.75. The van der Waals surface area contributed by atoms with E-state index in [1.165, 1.54) is 0 Å². The van der Waals surface area contributed by atoms with Crippen molar-refractivity contribution in [1.29, 1.82) is 0 Å². The number of nitrogens with two attached hydrogens (primary N) is 1. The van der Waals surface area contributed by atoms with Crippen LogP contribution in [-0.4, -0.2) is 30.9 Å². The van der Waals surface area contributed by atoms with Gasteiger partial charge in [0.15, 0.2) is 0 Å². The quantitative estimate of drug-likeness (QED) is 0.798. The van der Waals surface area contributed by atoms with Gasteiger partial charge >= 0.3 is 0 Å². The molecule has 0 heterocycles. The van der Waals surface area contributed by atoms with Gasteiger partial charge < -0.3 is 11.1 Å². The molecule has 1 aromatic carbocycles. The summed E-state index contributed by atoms with van der Waals surface area (Å²) in [6.07, 6.45) is 0. The van der Waals surface area contributed by atoms with Crippen LogP contribution in [0.4, 0.5) is 5.69 Å². The first-order valence-corrected chi connectivity index (χ1v) is 5.31. The zero-order valence-electron chi connectivity index (χ0n) is 10.0. The summed E-state index contributed by atoms with van der Waals surface area (Å²) in [6.45, 7) is 2.34. The van der Waals surface area contributed by atoms with Crippen molar-refractivity contribution in [2.45, 2.75) is 19.5 Å². The van der Waals surface area contributed by atoms with Crippen molar-refractivity contribution < 1.29 is 4.79 Å². The second kappa shape index (κ2) is 5.63. The minimum absolute atomic E-state index is 0.0147. The monoisotopic (exact) mass is 221 g/mol. The lowest BCUT2D eigenvalue weighted by atomic mass is 10.2. The zero-order valence-corrected chi connectivity index (χ0v) is 10.0. The molecule has 3 N–H and O–H groups in total. The first-order valence-electron chi connectivity index (χ1n) is 5.31. The van der Waals surface area contributed by atoms with E-state index in [0.29, 0.717) is 6.54 Å². The molecule has 1 rings (SSSR count). The third-order valence-corrected chi connectivity index (χ3v) is 2.58. The highest BCUT2D eigenvalue weighted by Gasteiger charge is 2.14. The van der Waals surface area contributed by atoms with Gasteiger partial charge in [-0.1, -0.05) is 12.1 Å². The van der Waals surface area contributed by atoms with Crippen LogP contribution in [0.1, 0.15) is 12.5 Å². The molecule has 1 atom stereocenters. The number of benzene rings is 1. The standard InChI is InChI=1S/C12H19N3O/c1-9(15(2)3)12(16)14-11-6-4-5-10(7-11)8-13/h4-7,9H,8,13H2,1-3H3,(H,14,16). The van der Waals surface area contributed by atoms with Crippen LogP contribution in [-0.2, 0) is 11.3 Å².